The Labute approximate surface area is 218 Å². The van der Waals surface area contributed by atoms with Gasteiger partial charge in [-0.2, -0.15) is 0 Å². The predicted molar refractivity (Wildman–Crippen MR) is 132 cm³/mol. The molecule has 0 saturated carbocycles. The van der Waals surface area contributed by atoms with Crippen molar-refractivity contribution in [1.29, 1.82) is 0 Å². The molecule has 2 aliphatic rings. The van der Waals surface area contributed by atoms with E-state index in [-0.39, 0.29) is 22.2 Å². The van der Waals surface area contributed by atoms with Crippen LogP contribution in [0.1, 0.15) is 19.5 Å². The first-order chi connectivity index (χ1) is 17.5. The molecule has 5 N–H and O–H groups in total. The molecule has 0 aliphatic carbocycles. The molecule has 1 saturated heterocycles. The molecule has 4 heterocycles. The molecule has 2 atom stereocenters. The maximum absolute atomic E-state index is 13.1. The molecule has 0 aromatic carbocycles. The van der Waals surface area contributed by atoms with Gasteiger partial charge in [0.1, 0.15) is 22.8 Å². The van der Waals surface area contributed by atoms with Crippen LogP contribution in [0.4, 0.5) is 5.13 Å². The molecule has 15 heteroatoms. The van der Waals surface area contributed by atoms with Crippen molar-refractivity contribution in [2.24, 2.45) is 5.16 Å². The first-order valence-electron chi connectivity index (χ1n) is 10.9. The van der Waals surface area contributed by atoms with E-state index in [0.717, 1.165) is 11.3 Å². The minimum Gasteiger partial charge on any atom is -0.478 e. The van der Waals surface area contributed by atoms with E-state index >= 15 is 0 Å². The summed E-state index contributed by atoms with van der Waals surface area (Å²) in [5, 5.41) is 26.3. The van der Waals surface area contributed by atoms with E-state index in [4.69, 9.17) is 10.6 Å². The van der Waals surface area contributed by atoms with E-state index in [0.29, 0.717) is 17.9 Å². The number of thioether (sulfide) groups is 1. The third-order valence-corrected chi connectivity index (χ3v) is 7.56. The molecule has 2 aromatic rings. The fraction of sp³-hybridized carbons (Fsp3) is 0.318. The monoisotopic (exact) mass is 547 g/mol. The number of carbonyl (C=O) groups is 4. The van der Waals surface area contributed by atoms with Crippen LogP contribution >= 0.6 is 23.1 Å². The number of fused-ring (bicyclic) bond motifs is 1. The molecule has 4 rings (SSSR count). The van der Waals surface area contributed by atoms with Crippen molar-refractivity contribution in [2.45, 2.75) is 37.4 Å². The van der Waals surface area contributed by atoms with Gasteiger partial charge in [-0.25, -0.2) is 19.1 Å². The highest BCUT2D eigenvalue weighted by molar-refractivity contribution is 8.00. The van der Waals surface area contributed by atoms with Crippen molar-refractivity contribution in [2.75, 3.05) is 11.5 Å². The average molecular weight is 548 g/mol. The van der Waals surface area contributed by atoms with Crippen LogP contribution in [0.25, 0.3) is 0 Å². The highest BCUT2D eigenvalue weighted by Crippen LogP contribution is 2.40. The number of anilines is 1. The summed E-state index contributed by atoms with van der Waals surface area (Å²) >= 11 is 2.35. The molecule has 0 radical (unpaired) electrons. The number of hydrogen-bond donors (Lipinski definition) is 4. The SMILES string of the molecule is CC(C)(O/N=C(\C(=O)N[C@@H]1C(=O)N2C(C(=O)O)=C(C[n+]3ccccc3)CSC12)c1csc(N)n1)C(=O)O. The van der Waals surface area contributed by atoms with E-state index in [9.17, 15) is 29.4 Å². The smallest absolute Gasteiger partial charge is 0.352 e. The molecule has 194 valence electrons. The molecule has 2 aliphatic heterocycles. The molecular formula is C22H23N6O7S2+. The number of carboxylic acids is 2. The van der Waals surface area contributed by atoms with Crippen LogP contribution < -0.4 is 15.6 Å². The summed E-state index contributed by atoms with van der Waals surface area (Å²) < 4.78 is 1.81. The van der Waals surface area contributed by atoms with Gasteiger partial charge in [-0.15, -0.1) is 23.1 Å². The molecule has 0 bridgehead atoms. The Hall–Kier alpha value is -3.98. The van der Waals surface area contributed by atoms with Gasteiger partial charge in [0.2, 0.25) is 5.60 Å². The van der Waals surface area contributed by atoms with Crippen LogP contribution in [0.5, 0.6) is 0 Å². The van der Waals surface area contributed by atoms with Crippen molar-refractivity contribution < 1.29 is 38.8 Å². The van der Waals surface area contributed by atoms with E-state index in [1.807, 2.05) is 22.8 Å². The Bertz CT molecular complexity index is 1320. The number of hydrogen-bond acceptors (Lipinski definition) is 10. The third kappa shape index (κ3) is 5.27. The largest absolute Gasteiger partial charge is 0.478 e. The highest BCUT2D eigenvalue weighted by atomic mass is 32.2. The van der Waals surface area contributed by atoms with Gasteiger partial charge in [-0.05, 0) is 13.8 Å². The van der Waals surface area contributed by atoms with Crippen molar-refractivity contribution >= 4 is 57.7 Å². The van der Waals surface area contributed by atoms with Gasteiger partial charge < -0.3 is 26.1 Å². The van der Waals surface area contributed by atoms with Crippen molar-refractivity contribution in [3.63, 3.8) is 0 Å². The number of β-lactam (4-membered cyclic amide) rings is 1. The molecule has 1 fully saturated rings. The minimum atomic E-state index is -1.75. The van der Waals surface area contributed by atoms with Gasteiger partial charge in [0.25, 0.3) is 11.8 Å². The van der Waals surface area contributed by atoms with Crippen LogP contribution in [-0.4, -0.2) is 72.3 Å². The Kier molecular flexibility index (Phi) is 7.18. The van der Waals surface area contributed by atoms with Crippen LogP contribution in [0.2, 0.25) is 0 Å². The Morgan fingerprint density at radius 1 is 1.30 bits per heavy atom. The number of nitrogens with zero attached hydrogens (tertiary/aromatic N) is 4. The van der Waals surface area contributed by atoms with Gasteiger partial charge in [0.05, 0.1) is 0 Å². The summed E-state index contributed by atoms with van der Waals surface area (Å²) in [5.74, 6) is -3.66. The lowest BCUT2D eigenvalue weighted by atomic mass is 10.0. The highest BCUT2D eigenvalue weighted by Gasteiger charge is 2.54. The van der Waals surface area contributed by atoms with Crippen LogP contribution in [0, 0.1) is 0 Å². The fourth-order valence-electron chi connectivity index (χ4n) is 3.57. The lowest BCUT2D eigenvalue weighted by Gasteiger charge is -2.49. The molecule has 0 spiro atoms. The fourth-order valence-corrected chi connectivity index (χ4v) is 5.46. The van der Waals surface area contributed by atoms with Gasteiger partial charge in [0.15, 0.2) is 29.8 Å². The average Bonchev–Trinajstić information content (AvgIpc) is 3.28. The third-order valence-electron chi connectivity index (χ3n) is 5.55. The second-order valence-electron chi connectivity index (χ2n) is 8.58. The predicted octanol–water partition coefficient (Wildman–Crippen LogP) is 0.0355. The maximum atomic E-state index is 13.1. The zero-order valence-corrected chi connectivity index (χ0v) is 21.3. The number of nitrogens with two attached hydrogens (primary N) is 1. The Balaban J connectivity index is 1.55. The van der Waals surface area contributed by atoms with Gasteiger partial charge in [-0.1, -0.05) is 11.2 Å². The topological polar surface area (TPSA) is 188 Å². The number of nitrogens with one attached hydrogen (secondary N) is 1. The first-order valence-corrected chi connectivity index (χ1v) is 12.8. The summed E-state index contributed by atoms with van der Waals surface area (Å²) in [5.41, 5.74) is 4.04. The van der Waals surface area contributed by atoms with Gasteiger partial charge >= 0.3 is 11.9 Å². The van der Waals surface area contributed by atoms with E-state index in [1.54, 1.807) is 12.4 Å². The number of amides is 2. The van der Waals surface area contributed by atoms with Crippen LogP contribution in [0.15, 0.2) is 52.4 Å². The number of thiazole rings is 1. The first kappa shape index (κ1) is 26.1. The molecule has 2 aromatic heterocycles. The standard InChI is InChI=1S/C22H22N6O7S2/c1-22(2,20(33)34)35-26-13(12-10-37-21(23)24-12)16(29)25-14-17(30)28-15(19(31)32)11(9-36-18(14)28)8-27-6-4-3-5-7-27/h3-7,10,14,18H,8-9H2,1-2H3,(H4-,23,24,25,29,31,32,33,34)/p+1/b26-13-/t14-,18?/m1/s1. The number of carbonyl (C=O) groups excluding carboxylic acids is 2. The molecule has 37 heavy (non-hydrogen) atoms. The maximum Gasteiger partial charge on any atom is 0.352 e. The summed E-state index contributed by atoms with van der Waals surface area (Å²) in [6, 6.07) is 4.44. The summed E-state index contributed by atoms with van der Waals surface area (Å²) in [6.45, 7) is 2.80. The van der Waals surface area contributed by atoms with Crippen molar-refractivity contribution in [1.82, 2.24) is 15.2 Å². The zero-order valence-electron chi connectivity index (χ0n) is 19.7. The number of carboxylic acid groups (broad SMARTS) is 2. The summed E-state index contributed by atoms with van der Waals surface area (Å²) in [6.07, 6.45) is 3.59. The molecule has 2 amide bonds. The van der Waals surface area contributed by atoms with Gasteiger partial charge in [0, 0.05) is 28.8 Å². The number of nitrogen functional groups attached to an aromatic ring is 1. The number of aliphatic carboxylic acids is 2. The van der Waals surface area contributed by atoms with Gasteiger partial charge in [-0.3, -0.25) is 14.5 Å². The van der Waals surface area contributed by atoms with Crippen LogP contribution in [0.3, 0.4) is 0 Å². The summed E-state index contributed by atoms with van der Waals surface area (Å²) in [7, 11) is 0. The van der Waals surface area contributed by atoms with E-state index in [1.165, 1.54) is 35.9 Å². The lowest BCUT2D eigenvalue weighted by molar-refractivity contribution is -0.689. The Morgan fingerprint density at radius 2 is 2.00 bits per heavy atom. The molecular weight excluding hydrogens is 524 g/mol. The van der Waals surface area contributed by atoms with Crippen molar-refractivity contribution in [3.8, 4) is 0 Å². The molecule has 1 unspecified atom stereocenters. The normalized spacial score (nSPS) is 19.7. The number of aromatic nitrogens is 2. The quantitative estimate of drug-likeness (QED) is 0.144. The van der Waals surface area contributed by atoms with Crippen molar-refractivity contribution in [3.05, 3.63) is 52.9 Å². The second-order valence-corrected chi connectivity index (χ2v) is 10.6. The Morgan fingerprint density at radius 3 is 2.59 bits per heavy atom. The zero-order chi connectivity index (χ0) is 26.9. The second kappa shape index (κ2) is 10.2. The van der Waals surface area contributed by atoms with E-state index in [2.05, 4.69) is 15.5 Å². The lowest BCUT2D eigenvalue weighted by Crippen LogP contribution is -2.71. The number of oxime groups is 1. The van der Waals surface area contributed by atoms with E-state index < -0.39 is 40.8 Å². The summed E-state index contributed by atoms with van der Waals surface area (Å²) in [4.78, 5) is 59.9. The number of pyridine rings is 1. The van der Waals surface area contributed by atoms with Crippen LogP contribution in [-0.2, 0) is 30.6 Å². The minimum absolute atomic E-state index is 0.0365. The number of rotatable bonds is 9. The molecule has 13 nitrogen and oxygen atoms in total.